The van der Waals surface area contributed by atoms with Crippen LogP contribution in [0.4, 0.5) is 10.1 Å². The number of halogens is 1. The van der Waals surface area contributed by atoms with Gasteiger partial charge in [0.15, 0.2) is 0 Å². The maximum absolute atomic E-state index is 12.8. The first kappa shape index (κ1) is 14.5. The van der Waals surface area contributed by atoms with Crippen LogP contribution in [0.1, 0.15) is 25.7 Å². The lowest BCUT2D eigenvalue weighted by Gasteiger charge is -2.35. The average molecular weight is 291 g/mol. The Morgan fingerprint density at radius 3 is 2.86 bits per heavy atom. The monoisotopic (exact) mass is 291 g/mol. The maximum atomic E-state index is 12.8. The van der Waals surface area contributed by atoms with Crippen LogP contribution in [0.3, 0.4) is 0 Å². The quantitative estimate of drug-likeness (QED) is 0.891. The molecule has 0 spiro atoms. The van der Waals surface area contributed by atoms with Crippen LogP contribution in [0, 0.1) is 5.82 Å². The van der Waals surface area contributed by atoms with Crippen LogP contribution in [0.25, 0.3) is 0 Å². The van der Waals surface area contributed by atoms with Crippen LogP contribution in [-0.4, -0.2) is 42.5 Å². The maximum Gasteiger partial charge on any atom is 0.238 e. The minimum Gasteiger partial charge on any atom is -0.325 e. The van der Waals surface area contributed by atoms with Gasteiger partial charge in [0.05, 0.1) is 6.54 Å². The molecule has 1 amide bonds. The smallest absolute Gasteiger partial charge is 0.238 e. The predicted octanol–water partition coefficient (Wildman–Crippen LogP) is 1.98. The first-order valence-corrected chi connectivity index (χ1v) is 7.73. The number of hydrogen-bond acceptors (Lipinski definition) is 3. The summed E-state index contributed by atoms with van der Waals surface area (Å²) in [7, 11) is 0. The molecule has 2 fully saturated rings. The van der Waals surface area contributed by atoms with Gasteiger partial charge in [0, 0.05) is 17.8 Å². The van der Waals surface area contributed by atoms with Gasteiger partial charge in [-0.15, -0.1) is 0 Å². The van der Waals surface area contributed by atoms with E-state index in [-0.39, 0.29) is 11.7 Å². The summed E-state index contributed by atoms with van der Waals surface area (Å²) >= 11 is 0. The van der Waals surface area contributed by atoms with Crippen molar-refractivity contribution in [1.29, 1.82) is 0 Å². The molecule has 2 heterocycles. The second-order valence-electron chi connectivity index (χ2n) is 5.99. The highest BCUT2D eigenvalue weighted by Crippen LogP contribution is 2.26. The van der Waals surface area contributed by atoms with Gasteiger partial charge >= 0.3 is 0 Å². The Labute approximate surface area is 124 Å². The van der Waals surface area contributed by atoms with Gasteiger partial charge in [-0.1, -0.05) is 0 Å². The van der Waals surface area contributed by atoms with Crippen LogP contribution in [0.5, 0.6) is 0 Å². The molecule has 0 bridgehead atoms. The lowest BCUT2D eigenvalue weighted by molar-refractivity contribution is -0.115. The van der Waals surface area contributed by atoms with Crippen LogP contribution >= 0.6 is 0 Å². The Morgan fingerprint density at radius 1 is 1.24 bits per heavy atom. The van der Waals surface area contributed by atoms with Gasteiger partial charge in [0.2, 0.25) is 5.91 Å². The number of nitrogens with one attached hydrogen (secondary N) is 2. The number of hydrogen-bond donors (Lipinski definition) is 2. The van der Waals surface area contributed by atoms with E-state index in [1.54, 1.807) is 12.1 Å². The molecule has 0 radical (unpaired) electrons. The second-order valence-corrected chi connectivity index (χ2v) is 5.99. The minimum absolute atomic E-state index is 0.0736. The molecular formula is C16H22FN3O. The summed E-state index contributed by atoms with van der Waals surface area (Å²) in [5, 5.41) is 6.13. The fourth-order valence-electron chi connectivity index (χ4n) is 3.39. The normalized spacial score (nSPS) is 25.6. The summed E-state index contributed by atoms with van der Waals surface area (Å²) in [5.74, 6) is -0.370. The molecule has 1 aromatic rings. The molecule has 4 nitrogen and oxygen atoms in total. The summed E-state index contributed by atoms with van der Waals surface area (Å²) < 4.78 is 12.8. The fourth-order valence-corrected chi connectivity index (χ4v) is 3.39. The predicted molar refractivity (Wildman–Crippen MR) is 80.6 cm³/mol. The molecule has 2 aliphatic heterocycles. The second kappa shape index (κ2) is 6.54. The first-order chi connectivity index (χ1) is 10.2. The molecule has 2 saturated heterocycles. The molecule has 0 aromatic heterocycles. The summed E-state index contributed by atoms with van der Waals surface area (Å²) in [4.78, 5) is 14.5. The first-order valence-electron chi connectivity index (χ1n) is 7.73. The van der Waals surface area contributed by atoms with Crippen molar-refractivity contribution in [1.82, 2.24) is 10.2 Å². The van der Waals surface area contributed by atoms with Gasteiger partial charge < -0.3 is 15.5 Å². The average Bonchev–Trinajstić information content (AvgIpc) is 2.95. The van der Waals surface area contributed by atoms with Crippen molar-refractivity contribution in [3.63, 3.8) is 0 Å². The largest absolute Gasteiger partial charge is 0.325 e. The molecule has 2 aliphatic rings. The molecule has 5 heteroatoms. The minimum atomic E-state index is -0.297. The van der Waals surface area contributed by atoms with E-state index in [1.165, 1.54) is 31.5 Å². The number of carbonyl (C=O) groups is 1. The van der Waals surface area contributed by atoms with Crippen LogP contribution in [0.2, 0.25) is 0 Å². The van der Waals surface area contributed by atoms with Crippen LogP contribution in [0.15, 0.2) is 24.3 Å². The van der Waals surface area contributed by atoms with E-state index >= 15 is 0 Å². The zero-order chi connectivity index (χ0) is 14.7. The topological polar surface area (TPSA) is 44.4 Å². The van der Waals surface area contributed by atoms with E-state index in [1.807, 2.05) is 0 Å². The summed E-state index contributed by atoms with van der Waals surface area (Å²) in [6, 6.07) is 6.98. The molecule has 2 atom stereocenters. The third-order valence-corrected chi connectivity index (χ3v) is 4.50. The van der Waals surface area contributed by atoms with Crippen molar-refractivity contribution in [2.24, 2.45) is 0 Å². The highest BCUT2D eigenvalue weighted by atomic mass is 19.1. The van der Waals surface area contributed by atoms with E-state index in [2.05, 4.69) is 15.5 Å². The standard InChI is InChI=1S/C16H22FN3O/c17-12-3-5-13(6-4-12)19-16(21)11-18-14-7-9-20-8-1-2-15(20)10-14/h3-6,14-15,18H,1-2,7-11H2,(H,19,21). The Kier molecular flexibility index (Phi) is 4.51. The molecule has 0 saturated carbocycles. The molecule has 114 valence electrons. The van der Waals surface area contributed by atoms with Crippen molar-refractivity contribution in [2.45, 2.75) is 37.8 Å². The Morgan fingerprint density at radius 2 is 2.05 bits per heavy atom. The number of fused-ring (bicyclic) bond motifs is 1. The summed E-state index contributed by atoms with van der Waals surface area (Å²) in [6.07, 6.45) is 4.85. The third-order valence-electron chi connectivity index (χ3n) is 4.50. The van der Waals surface area contributed by atoms with E-state index < -0.39 is 0 Å². The van der Waals surface area contributed by atoms with Gasteiger partial charge in [-0.3, -0.25) is 4.79 Å². The van der Waals surface area contributed by atoms with Crippen LogP contribution in [-0.2, 0) is 4.79 Å². The van der Waals surface area contributed by atoms with Crippen LogP contribution < -0.4 is 10.6 Å². The molecule has 2 unspecified atom stereocenters. The van der Waals surface area contributed by atoms with Crippen molar-refractivity contribution in [3.8, 4) is 0 Å². The van der Waals surface area contributed by atoms with Gasteiger partial charge in [-0.25, -0.2) is 4.39 Å². The third kappa shape index (κ3) is 3.80. The molecule has 1 aromatic carbocycles. The molecule has 0 aliphatic carbocycles. The van der Waals surface area contributed by atoms with Crippen molar-refractivity contribution in [2.75, 3.05) is 25.0 Å². The number of nitrogens with zero attached hydrogens (tertiary/aromatic N) is 1. The van der Waals surface area contributed by atoms with Gasteiger partial charge in [-0.2, -0.15) is 0 Å². The van der Waals surface area contributed by atoms with E-state index in [9.17, 15) is 9.18 Å². The van der Waals surface area contributed by atoms with Crippen molar-refractivity contribution in [3.05, 3.63) is 30.1 Å². The molecule has 3 rings (SSSR count). The Balaban J connectivity index is 1.42. The fraction of sp³-hybridized carbons (Fsp3) is 0.562. The number of anilines is 1. The molecular weight excluding hydrogens is 269 g/mol. The zero-order valence-electron chi connectivity index (χ0n) is 12.1. The Bertz CT molecular complexity index is 491. The summed E-state index contributed by atoms with van der Waals surface area (Å²) in [5.41, 5.74) is 0.633. The molecule has 2 N–H and O–H groups in total. The Hall–Kier alpha value is -1.46. The van der Waals surface area contributed by atoms with Crippen molar-refractivity contribution < 1.29 is 9.18 Å². The summed E-state index contributed by atoms with van der Waals surface area (Å²) in [6.45, 7) is 2.69. The number of amides is 1. The highest BCUT2D eigenvalue weighted by Gasteiger charge is 2.31. The van der Waals surface area contributed by atoms with Gasteiger partial charge in [-0.05, 0) is 63.0 Å². The lowest BCUT2D eigenvalue weighted by Crippen LogP contribution is -2.47. The van der Waals surface area contributed by atoms with E-state index in [0.717, 1.165) is 19.4 Å². The van der Waals surface area contributed by atoms with Gasteiger partial charge in [0.1, 0.15) is 5.82 Å². The highest BCUT2D eigenvalue weighted by molar-refractivity contribution is 5.92. The van der Waals surface area contributed by atoms with Crippen molar-refractivity contribution >= 4 is 11.6 Å². The van der Waals surface area contributed by atoms with E-state index in [4.69, 9.17) is 0 Å². The zero-order valence-corrected chi connectivity index (χ0v) is 12.1. The number of carbonyl (C=O) groups excluding carboxylic acids is 1. The van der Waals surface area contributed by atoms with E-state index in [0.29, 0.717) is 24.3 Å². The SMILES string of the molecule is O=C(CNC1CCN2CCCC2C1)Nc1ccc(F)cc1. The van der Waals surface area contributed by atoms with Gasteiger partial charge in [0.25, 0.3) is 0 Å². The number of rotatable bonds is 4. The molecule has 21 heavy (non-hydrogen) atoms. The lowest BCUT2D eigenvalue weighted by atomic mass is 9.97. The number of benzene rings is 1. The number of piperidine rings is 1.